The maximum atomic E-state index is 13.5. The van der Waals surface area contributed by atoms with Gasteiger partial charge in [0.2, 0.25) is 17.8 Å². The second-order valence-electron chi connectivity index (χ2n) is 8.82. The van der Waals surface area contributed by atoms with Crippen LogP contribution in [0.25, 0.3) is 28.5 Å². The van der Waals surface area contributed by atoms with Crippen LogP contribution in [0.4, 0.5) is 10.3 Å². The van der Waals surface area contributed by atoms with E-state index in [1.807, 2.05) is 0 Å². The smallest absolute Gasteiger partial charge is 0.306 e. The Kier molecular flexibility index (Phi) is 6.82. The normalized spacial score (nSPS) is 15.1. The molecule has 1 unspecified atom stereocenters. The molecule has 0 aliphatic carbocycles. The Balaban J connectivity index is 1.32. The molecule has 12 heteroatoms. The first-order valence-electron chi connectivity index (χ1n) is 11.9. The van der Waals surface area contributed by atoms with E-state index >= 15 is 0 Å². The van der Waals surface area contributed by atoms with Gasteiger partial charge in [-0.1, -0.05) is 0 Å². The summed E-state index contributed by atoms with van der Waals surface area (Å²) in [5.41, 5.74) is 2.63. The lowest BCUT2D eigenvalue weighted by molar-refractivity contribution is -0.138. The predicted molar refractivity (Wildman–Crippen MR) is 132 cm³/mol. The number of carbonyl (C=O) groups is 2. The predicted octanol–water partition coefficient (Wildman–Crippen LogP) is 2.09. The number of aliphatic hydroxyl groups is 1. The monoisotopic (exact) mass is 507 g/mol. The summed E-state index contributed by atoms with van der Waals surface area (Å²) in [5, 5.41) is 15.3. The van der Waals surface area contributed by atoms with Crippen LogP contribution in [-0.4, -0.2) is 73.0 Å². The zero-order chi connectivity index (χ0) is 25.9. The maximum Gasteiger partial charge on any atom is 0.306 e. The SMILES string of the molecule is CC(=O)NC(CO)C(=O)N1CCC(Nc2nccc(-c3c(-c4ccc(F)cc4)nc4occn34)n2)CC1. The van der Waals surface area contributed by atoms with Gasteiger partial charge < -0.3 is 25.1 Å². The van der Waals surface area contributed by atoms with Crippen LogP contribution in [-0.2, 0) is 9.59 Å². The summed E-state index contributed by atoms with van der Waals surface area (Å²) >= 11 is 0. The van der Waals surface area contributed by atoms with Crippen LogP contribution in [0.15, 0.2) is 53.4 Å². The van der Waals surface area contributed by atoms with Gasteiger partial charge in [-0.25, -0.2) is 14.4 Å². The molecule has 3 aromatic heterocycles. The Morgan fingerprint density at radius 2 is 1.95 bits per heavy atom. The van der Waals surface area contributed by atoms with Crippen molar-refractivity contribution in [2.75, 3.05) is 25.0 Å². The fraction of sp³-hybridized carbons (Fsp3) is 0.320. The molecule has 0 bridgehead atoms. The number of anilines is 1. The van der Waals surface area contributed by atoms with E-state index in [2.05, 4.69) is 20.6 Å². The molecule has 1 aliphatic heterocycles. The number of aliphatic hydroxyl groups excluding tert-OH is 1. The first kappa shape index (κ1) is 24.4. The number of likely N-dealkylation sites (tertiary alicyclic amines) is 1. The lowest BCUT2D eigenvalue weighted by Crippen LogP contribution is -2.53. The van der Waals surface area contributed by atoms with Crippen molar-refractivity contribution in [3.8, 4) is 22.6 Å². The lowest BCUT2D eigenvalue weighted by Gasteiger charge is -2.34. The maximum absolute atomic E-state index is 13.5. The quantitative estimate of drug-likeness (QED) is 0.346. The Hall–Kier alpha value is -4.32. The van der Waals surface area contributed by atoms with Gasteiger partial charge in [0, 0.05) is 44.0 Å². The first-order chi connectivity index (χ1) is 17.9. The number of hydrogen-bond acceptors (Lipinski definition) is 8. The molecule has 1 atom stereocenters. The summed E-state index contributed by atoms with van der Waals surface area (Å²) in [7, 11) is 0. The van der Waals surface area contributed by atoms with E-state index in [0.717, 1.165) is 5.56 Å². The second-order valence-corrected chi connectivity index (χ2v) is 8.82. The molecule has 1 aliphatic rings. The fourth-order valence-corrected chi connectivity index (χ4v) is 4.48. The van der Waals surface area contributed by atoms with Crippen molar-refractivity contribution in [2.45, 2.75) is 31.8 Å². The molecule has 1 aromatic carbocycles. The molecule has 0 radical (unpaired) electrons. The number of benzene rings is 1. The molecule has 2 amide bonds. The minimum Gasteiger partial charge on any atom is -0.432 e. The van der Waals surface area contributed by atoms with Crippen molar-refractivity contribution in [3.63, 3.8) is 0 Å². The van der Waals surface area contributed by atoms with Crippen LogP contribution in [0, 0.1) is 5.82 Å². The number of oxazole rings is 1. The Morgan fingerprint density at radius 3 is 2.65 bits per heavy atom. The van der Waals surface area contributed by atoms with Crippen molar-refractivity contribution in [3.05, 3.63) is 54.8 Å². The minimum atomic E-state index is -0.937. The Labute approximate surface area is 211 Å². The third kappa shape index (κ3) is 5.14. The molecular weight excluding hydrogens is 481 g/mol. The molecule has 192 valence electrons. The topological polar surface area (TPSA) is 138 Å². The highest BCUT2D eigenvalue weighted by Gasteiger charge is 2.29. The number of fused-ring (bicyclic) bond motifs is 1. The average molecular weight is 508 g/mol. The lowest BCUT2D eigenvalue weighted by atomic mass is 10.0. The van der Waals surface area contributed by atoms with Crippen molar-refractivity contribution in [1.82, 2.24) is 29.6 Å². The summed E-state index contributed by atoms with van der Waals surface area (Å²) in [5.74, 6) is -0.185. The molecule has 11 nitrogen and oxygen atoms in total. The molecule has 1 saturated heterocycles. The average Bonchev–Trinajstić information content (AvgIpc) is 3.49. The number of halogens is 1. The van der Waals surface area contributed by atoms with Crippen LogP contribution >= 0.6 is 0 Å². The highest BCUT2D eigenvalue weighted by Crippen LogP contribution is 2.32. The number of nitrogens with one attached hydrogen (secondary N) is 2. The molecule has 4 aromatic rings. The first-order valence-corrected chi connectivity index (χ1v) is 11.9. The van der Waals surface area contributed by atoms with E-state index < -0.39 is 12.6 Å². The van der Waals surface area contributed by atoms with E-state index in [9.17, 15) is 19.1 Å². The number of carbonyl (C=O) groups excluding carboxylic acids is 2. The van der Waals surface area contributed by atoms with E-state index in [0.29, 0.717) is 54.8 Å². The van der Waals surface area contributed by atoms with Gasteiger partial charge >= 0.3 is 5.84 Å². The molecule has 0 saturated carbocycles. The molecule has 37 heavy (non-hydrogen) atoms. The summed E-state index contributed by atoms with van der Waals surface area (Å²) < 4.78 is 20.8. The highest BCUT2D eigenvalue weighted by molar-refractivity contribution is 5.87. The van der Waals surface area contributed by atoms with Crippen LogP contribution in [0.1, 0.15) is 19.8 Å². The van der Waals surface area contributed by atoms with Crippen molar-refractivity contribution < 1.29 is 23.5 Å². The van der Waals surface area contributed by atoms with Gasteiger partial charge in [-0.05, 0) is 43.2 Å². The van der Waals surface area contributed by atoms with Crippen molar-refractivity contribution >= 4 is 23.6 Å². The second kappa shape index (κ2) is 10.3. The number of imidazole rings is 1. The molecular formula is C25H26FN7O4. The van der Waals surface area contributed by atoms with Crippen molar-refractivity contribution in [1.29, 1.82) is 0 Å². The number of hydrogen-bond donors (Lipinski definition) is 3. The zero-order valence-corrected chi connectivity index (χ0v) is 20.1. The van der Waals surface area contributed by atoms with Gasteiger partial charge in [0.1, 0.15) is 29.5 Å². The van der Waals surface area contributed by atoms with Crippen LogP contribution in [0.2, 0.25) is 0 Å². The van der Waals surface area contributed by atoms with Crippen LogP contribution in [0.5, 0.6) is 0 Å². The van der Waals surface area contributed by atoms with Gasteiger partial charge in [0.15, 0.2) is 0 Å². The number of rotatable bonds is 7. The Morgan fingerprint density at radius 1 is 1.19 bits per heavy atom. The van der Waals surface area contributed by atoms with Gasteiger partial charge in [-0.3, -0.25) is 14.0 Å². The standard InChI is InChI=1S/C25H26FN7O4/c1-15(35)28-20(14-34)23(36)32-10-7-18(8-11-32)29-24-27-9-6-19(30-24)22-21(16-2-4-17(26)5-3-16)31-25-33(22)12-13-37-25/h2-6,9,12-13,18,20,34H,7-8,10-11,14H2,1H3,(H,28,35)(H,27,29,30). The Bertz CT molecular complexity index is 1410. The van der Waals surface area contributed by atoms with Crippen LogP contribution in [0.3, 0.4) is 0 Å². The summed E-state index contributed by atoms with van der Waals surface area (Å²) in [6, 6.07) is 6.93. The van der Waals surface area contributed by atoms with E-state index in [-0.39, 0.29) is 23.7 Å². The molecule has 5 rings (SSSR count). The molecule has 1 fully saturated rings. The summed E-state index contributed by atoms with van der Waals surface area (Å²) in [6.45, 7) is 1.80. The number of amides is 2. The summed E-state index contributed by atoms with van der Waals surface area (Å²) in [6.07, 6.45) is 6.22. The van der Waals surface area contributed by atoms with E-state index in [4.69, 9.17) is 9.40 Å². The fourth-order valence-electron chi connectivity index (χ4n) is 4.48. The van der Waals surface area contributed by atoms with Crippen molar-refractivity contribution in [2.24, 2.45) is 0 Å². The minimum absolute atomic E-state index is 0.0311. The molecule has 4 heterocycles. The zero-order valence-electron chi connectivity index (χ0n) is 20.1. The van der Waals surface area contributed by atoms with Crippen LogP contribution < -0.4 is 10.6 Å². The number of nitrogens with zero attached hydrogens (tertiary/aromatic N) is 5. The number of piperidine rings is 1. The molecule has 3 N–H and O–H groups in total. The third-order valence-corrected chi connectivity index (χ3v) is 6.28. The van der Waals surface area contributed by atoms with Gasteiger partial charge in [0.25, 0.3) is 0 Å². The van der Waals surface area contributed by atoms with E-state index in [1.165, 1.54) is 25.3 Å². The molecule has 0 spiro atoms. The van der Waals surface area contributed by atoms with Gasteiger partial charge in [0.05, 0.1) is 12.3 Å². The number of aromatic nitrogens is 4. The third-order valence-electron chi connectivity index (χ3n) is 6.28. The summed E-state index contributed by atoms with van der Waals surface area (Å²) in [4.78, 5) is 39.2. The highest BCUT2D eigenvalue weighted by atomic mass is 19.1. The van der Waals surface area contributed by atoms with E-state index in [1.54, 1.807) is 39.9 Å². The largest absolute Gasteiger partial charge is 0.432 e. The van der Waals surface area contributed by atoms with Gasteiger partial charge in [-0.2, -0.15) is 4.98 Å². The van der Waals surface area contributed by atoms with Gasteiger partial charge in [-0.15, -0.1) is 0 Å².